The molecule has 0 atom stereocenters. The summed E-state index contributed by atoms with van der Waals surface area (Å²) in [5.41, 5.74) is 0.634. The Morgan fingerprint density at radius 3 is 2.29 bits per heavy atom. The molecule has 11 nitrogen and oxygen atoms in total. The van der Waals surface area contributed by atoms with Crippen molar-refractivity contribution in [1.29, 1.82) is 0 Å². The molecular weight excluding hydrogens is 606 g/mol. The maximum atomic E-state index is 14.7. The number of quaternary nitrogens is 1. The highest BCUT2D eigenvalue weighted by Gasteiger charge is 2.35. The lowest BCUT2D eigenvalue weighted by molar-refractivity contribution is -0.895. The van der Waals surface area contributed by atoms with E-state index in [1.54, 1.807) is 31.1 Å². The van der Waals surface area contributed by atoms with Crippen LogP contribution in [-0.2, 0) is 11.8 Å². The summed E-state index contributed by atoms with van der Waals surface area (Å²) < 4.78 is 31.5. The SMILES string of the molecule is CN(C)c1nc(F)c(-c2cnc(C(=O)Nc3ccc(C(=O)N4CCN(C(=O)C5CC[N+](C)(C)CC5)CC4)c(Cl)c3)n2C)cc1F. The molecule has 2 aliphatic rings. The van der Waals surface area contributed by atoms with Crippen molar-refractivity contribution in [3.8, 4) is 11.3 Å². The molecule has 0 radical (unpaired) electrons. The minimum absolute atomic E-state index is 0.0451. The Morgan fingerprint density at radius 1 is 1.02 bits per heavy atom. The van der Waals surface area contributed by atoms with E-state index in [4.69, 9.17) is 11.6 Å². The van der Waals surface area contributed by atoms with Crippen LogP contribution >= 0.6 is 11.6 Å². The van der Waals surface area contributed by atoms with E-state index in [-0.39, 0.29) is 51.2 Å². The lowest BCUT2D eigenvalue weighted by atomic mass is 9.94. The minimum Gasteiger partial charge on any atom is -0.360 e. The average Bonchev–Trinajstić information content (AvgIpc) is 3.38. The summed E-state index contributed by atoms with van der Waals surface area (Å²) in [5, 5.41) is 2.84. The van der Waals surface area contributed by atoms with Crippen LogP contribution in [0.4, 0.5) is 20.3 Å². The summed E-state index contributed by atoms with van der Waals surface area (Å²) >= 11 is 6.49. The molecule has 3 amide bonds. The first-order valence-corrected chi connectivity index (χ1v) is 15.2. The Labute approximate surface area is 266 Å². The summed E-state index contributed by atoms with van der Waals surface area (Å²) in [5.74, 6) is -2.46. The molecule has 2 aliphatic heterocycles. The Bertz CT molecular complexity index is 1620. The number of nitrogens with one attached hydrogen (secondary N) is 1. The van der Waals surface area contributed by atoms with Crippen LogP contribution in [0.1, 0.15) is 33.8 Å². The average molecular weight is 644 g/mol. The number of rotatable bonds is 6. The van der Waals surface area contributed by atoms with Crippen molar-refractivity contribution in [2.24, 2.45) is 13.0 Å². The maximum absolute atomic E-state index is 14.7. The van der Waals surface area contributed by atoms with Gasteiger partial charge in [-0.1, -0.05) is 11.6 Å². The summed E-state index contributed by atoms with van der Waals surface area (Å²) in [6.07, 6.45) is 3.03. The third-order valence-electron chi connectivity index (χ3n) is 8.65. The Hall–Kier alpha value is -4.10. The molecule has 2 fully saturated rings. The molecule has 240 valence electrons. The van der Waals surface area contributed by atoms with Crippen molar-refractivity contribution in [3.63, 3.8) is 0 Å². The second kappa shape index (κ2) is 12.7. The van der Waals surface area contributed by atoms with E-state index < -0.39 is 17.7 Å². The monoisotopic (exact) mass is 643 g/mol. The normalized spacial score (nSPS) is 16.9. The zero-order valence-corrected chi connectivity index (χ0v) is 26.9. The number of aromatic nitrogens is 3. The van der Waals surface area contributed by atoms with E-state index in [0.717, 1.165) is 36.5 Å². The first kappa shape index (κ1) is 32.3. The van der Waals surface area contributed by atoms with Crippen molar-refractivity contribution >= 4 is 40.8 Å². The fourth-order valence-corrected chi connectivity index (χ4v) is 6.11. The van der Waals surface area contributed by atoms with E-state index in [1.165, 1.54) is 28.8 Å². The van der Waals surface area contributed by atoms with Gasteiger partial charge < -0.3 is 29.1 Å². The van der Waals surface area contributed by atoms with Crippen LogP contribution in [0.3, 0.4) is 0 Å². The third kappa shape index (κ3) is 6.79. The van der Waals surface area contributed by atoms with Gasteiger partial charge in [0.05, 0.1) is 55.2 Å². The number of carbonyl (C=O) groups excluding carboxylic acids is 3. The van der Waals surface area contributed by atoms with E-state index in [2.05, 4.69) is 29.4 Å². The molecule has 0 spiro atoms. The fraction of sp³-hybridized carbons (Fsp3) is 0.452. The molecule has 3 aromatic rings. The summed E-state index contributed by atoms with van der Waals surface area (Å²) in [6.45, 7) is 3.74. The van der Waals surface area contributed by atoms with Crippen molar-refractivity contribution in [3.05, 3.63) is 58.6 Å². The molecular formula is C31H38ClF2N8O3+. The zero-order chi connectivity index (χ0) is 32.6. The van der Waals surface area contributed by atoms with Crippen LogP contribution in [0.25, 0.3) is 11.3 Å². The van der Waals surface area contributed by atoms with E-state index in [1.807, 2.05) is 4.90 Å². The molecule has 0 saturated carbocycles. The van der Waals surface area contributed by atoms with E-state index in [0.29, 0.717) is 31.9 Å². The van der Waals surface area contributed by atoms with E-state index >= 15 is 0 Å². The van der Waals surface area contributed by atoms with Gasteiger partial charge in [0, 0.05) is 71.8 Å². The van der Waals surface area contributed by atoms with Gasteiger partial charge in [-0.25, -0.2) is 9.37 Å². The molecule has 0 unspecified atom stereocenters. The highest BCUT2D eigenvalue weighted by Crippen LogP contribution is 2.28. The number of piperidine rings is 1. The molecule has 1 aromatic carbocycles. The third-order valence-corrected chi connectivity index (χ3v) is 8.97. The zero-order valence-electron chi connectivity index (χ0n) is 26.1. The van der Waals surface area contributed by atoms with Gasteiger partial charge in [0.2, 0.25) is 11.9 Å². The fourth-order valence-electron chi connectivity index (χ4n) is 5.85. The molecule has 2 saturated heterocycles. The minimum atomic E-state index is -0.900. The highest BCUT2D eigenvalue weighted by molar-refractivity contribution is 6.34. The molecule has 2 aromatic heterocycles. The summed E-state index contributed by atoms with van der Waals surface area (Å²) in [7, 11) is 8.98. The number of anilines is 2. The largest absolute Gasteiger partial charge is 0.360 e. The van der Waals surface area contributed by atoms with Crippen LogP contribution in [0.15, 0.2) is 30.5 Å². The molecule has 0 aliphatic carbocycles. The standard InChI is InChI=1S/C31H37ClF2N8O3/c1-38(2)27-24(33)17-22(26(34)37-27)25-18-35-28(39(25)3)29(43)36-20-6-7-21(23(32)16-20)31(45)41-12-10-40(11-13-41)30(44)19-8-14-42(4,5)15-9-19/h6-7,16-19H,8-15H2,1-5H3/p+1. The number of hydrogen-bond donors (Lipinski definition) is 1. The Balaban J connectivity index is 1.20. The maximum Gasteiger partial charge on any atom is 0.291 e. The first-order chi connectivity index (χ1) is 21.3. The second-order valence-electron chi connectivity index (χ2n) is 12.5. The van der Waals surface area contributed by atoms with Gasteiger partial charge in [0.15, 0.2) is 17.5 Å². The topological polar surface area (TPSA) is 104 Å². The number of benzene rings is 1. The first-order valence-electron chi connectivity index (χ1n) is 14.8. The summed E-state index contributed by atoms with van der Waals surface area (Å²) in [6, 6.07) is 5.58. The Morgan fingerprint density at radius 2 is 1.67 bits per heavy atom. The van der Waals surface area contributed by atoms with Crippen LogP contribution < -0.4 is 10.2 Å². The van der Waals surface area contributed by atoms with Gasteiger partial charge in [-0.15, -0.1) is 0 Å². The van der Waals surface area contributed by atoms with Crippen molar-refractivity contribution in [2.75, 3.05) is 77.7 Å². The van der Waals surface area contributed by atoms with Crippen LogP contribution in [0, 0.1) is 17.7 Å². The van der Waals surface area contributed by atoms with Crippen molar-refractivity contribution < 1.29 is 27.6 Å². The smallest absolute Gasteiger partial charge is 0.291 e. The van der Waals surface area contributed by atoms with Crippen molar-refractivity contribution in [1.82, 2.24) is 24.3 Å². The highest BCUT2D eigenvalue weighted by atomic mass is 35.5. The number of piperazine rings is 1. The number of nitrogens with zero attached hydrogens (tertiary/aromatic N) is 7. The number of imidazole rings is 1. The molecule has 14 heteroatoms. The Kier molecular flexibility index (Phi) is 9.13. The van der Waals surface area contributed by atoms with Gasteiger partial charge in [0.1, 0.15) is 0 Å². The number of halogens is 3. The lowest BCUT2D eigenvalue weighted by Gasteiger charge is -2.40. The molecule has 1 N–H and O–H groups in total. The van der Waals surface area contributed by atoms with Gasteiger partial charge in [-0.3, -0.25) is 14.4 Å². The molecule has 4 heterocycles. The number of carbonyl (C=O) groups is 3. The van der Waals surface area contributed by atoms with Gasteiger partial charge in [0.25, 0.3) is 11.8 Å². The molecule has 0 bridgehead atoms. The van der Waals surface area contributed by atoms with Crippen molar-refractivity contribution in [2.45, 2.75) is 12.8 Å². The van der Waals surface area contributed by atoms with Crippen LogP contribution in [0.2, 0.25) is 5.02 Å². The van der Waals surface area contributed by atoms with Crippen LogP contribution in [-0.4, -0.2) is 114 Å². The van der Waals surface area contributed by atoms with Gasteiger partial charge in [-0.2, -0.15) is 9.37 Å². The molecule has 5 rings (SSSR count). The predicted octanol–water partition coefficient (Wildman–Crippen LogP) is 3.50. The summed E-state index contributed by atoms with van der Waals surface area (Å²) in [4.78, 5) is 52.1. The lowest BCUT2D eigenvalue weighted by Crippen LogP contribution is -2.54. The van der Waals surface area contributed by atoms with Crippen LogP contribution in [0.5, 0.6) is 0 Å². The molecule has 45 heavy (non-hydrogen) atoms. The van der Waals surface area contributed by atoms with Gasteiger partial charge >= 0.3 is 0 Å². The quantitative estimate of drug-likeness (QED) is 0.326. The predicted molar refractivity (Wildman–Crippen MR) is 167 cm³/mol. The number of pyridine rings is 1. The van der Waals surface area contributed by atoms with Gasteiger partial charge in [-0.05, 0) is 24.3 Å². The number of likely N-dealkylation sites (tertiary alicyclic amines) is 1. The number of amides is 3. The van der Waals surface area contributed by atoms with E-state index in [9.17, 15) is 23.2 Å². The second-order valence-corrected chi connectivity index (χ2v) is 12.9. The number of hydrogen-bond acceptors (Lipinski definition) is 6.